The summed E-state index contributed by atoms with van der Waals surface area (Å²) in [5.74, 6) is 1.43. The van der Waals surface area contributed by atoms with E-state index in [0.29, 0.717) is 27.9 Å². The van der Waals surface area contributed by atoms with E-state index in [1.807, 2.05) is 16.7 Å². The first-order valence-corrected chi connectivity index (χ1v) is 8.59. The molecule has 0 amide bonds. The minimum absolute atomic E-state index is 0.308. The van der Waals surface area contributed by atoms with Crippen LogP contribution in [0.2, 0.25) is 5.02 Å². The first-order valence-electron chi connectivity index (χ1n) is 7.23. The summed E-state index contributed by atoms with van der Waals surface area (Å²) >= 11 is 7.48. The van der Waals surface area contributed by atoms with Gasteiger partial charge in [-0.2, -0.15) is 0 Å². The van der Waals surface area contributed by atoms with Crippen molar-refractivity contribution in [3.63, 3.8) is 0 Å². The highest BCUT2D eigenvalue weighted by molar-refractivity contribution is 7.98. The molecule has 0 aliphatic heterocycles. The van der Waals surface area contributed by atoms with E-state index in [2.05, 4.69) is 17.1 Å². The van der Waals surface area contributed by atoms with Crippen molar-refractivity contribution in [2.45, 2.75) is 30.8 Å². The Labute approximate surface area is 142 Å². The van der Waals surface area contributed by atoms with Gasteiger partial charge in [-0.15, -0.1) is 10.2 Å². The number of halogens is 2. The Bertz CT molecular complexity index is 768. The molecular weight excluding hydrogens is 337 g/mol. The number of nitrogens with zero attached hydrogens (tertiary/aromatic N) is 3. The molecule has 0 bridgehead atoms. The lowest BCUT2D eigenvalue weighted by molar-refractivity contribution is 0.559. The zero-order chi connectivity index (χ0) is 16.2. The predicted molar refractivity (Wildman–Crippen MR) is 89.0 cm³/mol. The molecule has 2 aromatic heterocycles. The molecule has 2 heterocycles. The molecule has 4 nitrogen and oxygen atoms in total. The fourth-order valence-electron chi connectivity index (χ4n) is 2.22. The SMILES string of the molecule is CCCn1c(SCc2c(F)cccc2Cl)nnc1-c1ccco1. The van der Waals surface area contributed by atoms with Crippen LogP contribution in [0.1, 0.15) is 18.9 Å². The number of thioether (sulfide) groups is 1. The minimum Gasteiger partial charge on any atom is -0.461 e. The average Bonchev–Trinajstić information content (AvgIpc) is 3.17. The van der Waals surface area contributed by atoms with Crippen molar-refractivity contribution >= 4 is 23.4 Å². The molecule has 0 aliphatic carbocycles. The molecule has 0 fully saturated rings. The smallest absolute Gasteiger partial charge is 0.200 e. The summed E-state index contributed by atoms with van der Waals surface area (Å²) in [4.78, 5) is 0. The van der Waals surface area contributed by atoms with Gasteiger partial charge in [0, 0.05) is 22.9 Å². The highest BCUT2D eigenvalue weighted by Crippen LogP contribution is 2.30. The van der Waals surface area contributed by atoms with E-state index < -0.39 is 0 Å². The Morgan fingerprint density at radius 2 is 2.13 bits per heavy atom. The first kappa shape index (κ1) is 16.1. The average molecular weight is 352 g/mol. The van der Waals surface area contributed by atoms with Gasteiger partial charge in [-0.1, -0.05) is 36.4 Å². The summed E-state index contributed by atoms with van der Waals surface area (Å²) in [5.41, 5.74) is 0.477. The first-order chi connectivity index (χ1) is 11.2. The quantitative estimate of drug-likeness (QED) is 0.584. The maximum atomic E-state index is 13.9. The third-order valence-corrected chi connectivity index (χ3v) is 4.66. The zero-order valence-electron chi connectivity index (χ0n) is 12.5. The fourth-order valence-corrected chi connectivity index (χ4v) is 3.52. The van der Waals surface area contributed by atoms with Crippen LogP contribution in [-0.4, -0.2) is 14.8 Å². The van der Waals surface area contributed by atoms with Crippen LogP contribution in [0.4, 0.5) is 4.39 Å². The molecule has 7 heteroatoms. The maximum Gasteiger partial charge on any atom is 0.200 e. The molecule has 3 rings (SSSR count). The number of aromatic nitrogens is 3. The second-order valence-corrected chi connectivity index (χ2v) is 6.27. The molecule has 0 aliphatic rings. The third kappa shape index (κ3) is 3.43. The van der Waals surface area contributed by atoms with E-state index in [1.165, 1.54) is 17.8 Å². The predicted octanol–water partition coefficient (Wildman–Crippen LogP) is 5.03. The molecule has 120 valence electrons. The molecule has 1 aromatic carbocycles. The van der Waals surface area contributed by atoms with Gasteiger partial charge in [0.15, 0.2) is 16.7 Å². The molecule has 3 aromatic rings. The van der Waals surface area contributed by atoms with Gasteiger partial charge in [0.2, 0.25) is 0 Å². The lowest BCUT2D eigenvalue weighted by Crippen LogP contribution is -2.02. The molecule has 23 heavy (non-hydrogen) atoms. The van der Waals surface area contributed by atoms with Crippen molar-refractivity contribution < 1.29 is 8.81 Å². The molecule has 0 N–H and O–H groups in total. The summed E-state index contributed by atoms with van der Waals surface area (Å²) in [6.45, 7) is 2.84. The number of hydrogen-bond acceptors (Lipinski definition) is 4. The Hall–Kier alpha value is -1.79. The molecule has 0 saturated carbocycles. The highest BCUT2D eigenvalue weighted by atomic mass is 35.5. The third-order valence-electron chi connectivity index (χ3n) is 3.31. The van der Waals surface area contributed by atoms with Crippen LogP contribution in [0.15, 0.2) is 46.2 Å². The second kappa shape index (κ2) is 7.19. The largest absolute Gasteiger partial charge is 0.461 e. The van der Waals surface area contributed by atoms with Gasteiger partial charge in [-0.3, -0.25) is 4.57 Å². The van der Waals surface area contributed by atoms with Crippen molar-refractivity contribution in [3.05, 3.63) is 53.0 Å². The van der Waals surface area contributed by atoms with Crippen LogP contribution in [0.25, 0.3) is 11.6 Å². The van der Waals surface area contributed by atoms with E-state index in [4.69, 9.17) is 16.0 Å². The van der Waals surface area contributed by atoms with Crippen LogP contribution in [-0.2, 0) is 12.3 Å². The molecule has 0 atom stereocenters. The molecule has 0 radical (unpaired) electrons. The Balaban J connectivity index is 1.86. The zero-order valence-corrected chi connectivity index (χ0v) is 14.1. The fraction of sp³-hybridized carbons (Fsp3) is 0.250. The van der Waals surface area contributed by atoms with Crippen LogP contribution >= 0.6 is 23.4 Å². The summed E-state index contributed by atoms with van der Waals surface area (Å²) in [5, 5.41) is 9.56. The van der Waals surface area contributed by atoms with E-state index in [1.54, 1.807) is 18.4 Å². The van der Waals surface area contributed by atoms with Crippen molar-refractivity contribution in [1.29, 1.82) is 0 Å². The summed E-state index contributed by atoms with van der Waals surface area (Å²) < 4.78 is 21.3. The van der Waals surface area contributed by atoms with E-state index in [-0.39, 0.29) is 5.82 Å². The van der Waals surface area contributed by atoms with Gasteiger partial charge in [0.1, 0.15) is 5.82 Å². The Morgan fingerprint density at radius 1 is 1.26 bits per heavy atom. The highest BCUT2D eigenvalue weighted by Gasteiger charge is 2.17. The lowest BCUT2D eigenvalue weighted by Gasteiger charge is -2.08. The van der Waals surface area contributed by atoms with Crippen LogP contribution in [0.5, 0.6) is 0 Å². The number of benzene rings is 1. The number of rotatable bonds is 6. The van der Waals surface area contributed by atoms with Crippen molar-refractivity contribution in [2.24, 2.45) is 0 Å². The monoisotopic (exact) mass is 351 g/mol. The number of furan rings is 1. The van der Waals surface area contributed by atoms with Gasteiger partial charge in [-0.05, 0) is 30.7 Å². The molecule has 0 spiro atoms. The van der Waals surface area contributed by atoms with Gasteiger partial charge in [0.25, 0.3) is 0 Å². The Kier molecular flexibility index (Phi) is 5.03. The van der Waals surface area contributed by atoms with Crippen LogP contribution in [0.3, 0.4) is 0 Å². The van der Waals surface area contributed by atoms with Crippen molar-refractivity contribution in [1.82, 2.24) is 14.8 Å². The van der Waals surface area contributed by atoms with E-state index in [0.717, 1.165) is 18.1 Å². The van der Waals surface area contributed by atoms with Crippen molar-refractivity contribution in [3.8, 4) is 11.6 Å². The van der Waals surface area contributed by atoms with Crippen LogP contribution in [0, 0.1) is 5.82 Å². The standard InChI is InChI=1S/C16H15ClFN3OS/c1-2-8-21-15(14-7-4-9-22-14)19-20-16(21)23-10-11-12(17)5-3-6-13(11)18/h3-7,9H,2,8,10H2,1H3. The summed E-state index contributed by atoms with van der Waals surface area (Å²) in [6.07, 6.45) is 2.53. The van der Waals surface area contributed by atoms with Gasteiger partial charge in [0.05, 0.1) is 6.26 Å². The summed E-state index contributed by atoms with van der Waals surface area (Å²) in [6, 6.07) is 8.35. The molecular formula is C16H15ClFN3OS. The van der Waals surface area contributed by atoms with E-state index >= 15 is 0 Å². The van der Waals surface area contributed by atoms with Gasteiger partial charge >= 0.3 is 0 Å². The number of hydrogen-bond donors (Lipinski definition) is 0. The Morgan fingerprint density at radius 3 is 2.83 bits per heavy atom. The molecule has 0 saturated heterocycles. The maximum absolute atomic E-state index is 13.9. The van der Waals surface area contributed by atoms with Gasteiger partial charge in [-0.25, -0.2) is 4.39 Å². The minimum atomic E-state index is -0.308. The molecule has 0 unspecified atom stereocenters. The van der Waals surface area contributed by atoms with Crippen molar-refractivity contribution in [2.75, 3.05) is 0 Å². The lowest BCUT2D eigenvalue weighted by atomic mass is 10.2. The summed E-state index contributed by atoms with van der Waals surface area (Å²) in [7, 11) is 0. The normalized spacial score (nSPS) is 11.1. The topological polar surface area (TPSA) is 43.9 Å². The van der Waals surface area contributed by atoms with Gasteiger partial charge < -0.3 is 4.42 Å². The second-order valence-electron chi connectivity index (χ2n) is 4.92. The van der Waals surface area contributed by atoms with Crippen LogP contribution < -0.4 is 0 Å². The van der Waals surface area contributed by atoms with E-state index in [9.17, 15) is 4.39 Å².